The third-order valence-corrected chi connectivity index (χ3v) is 3.41. The van der Waals surface area contributed by atoms with E-state index in [1.807, 2.05) is 13.8 Å². The van der Waals surface area contributed by atoms with Crippen molar-refractivity contribution in [3.63, 3.8) is 0 Å². The molecule has 1 aromatic carbocycles. The molecule has 2 rings (SSSR count). The summed E-state index contributed by atoms with van der Waals surface area (Å²) in [6.45, 7) is 3.97. The number of para-hydroxylation sites is 2. The van der Waals surface area contributed by atoms with Crippen molar-refractivity contribution in [1.29, 1.82) is 0 Å². The number of phenols is 1. The minimum atomic E-state index is -0.868. The Labute approximate surface area is 129 Å². The Morgan fingerprint density at radius 3 is 2.59 bits per heavy atom. The van der Waals surface area contributed by atoms with E-state index in [1.165, 1.54) is 11.8 Å². The molecule has 1 aromatic heterocycles. The van der Waals surface area contributed by atoms with Gasteiger partial charge in [-0.25, -0.2) is 0 Å². The summed E-state index contributed by atoms with van der Waals surface area (Å²) in [5, 5.41) is 23.5. The van der Waals surface area contributed by atoms with Crippen LogP contribution < -0.4 is 4.74 Å². The summed E-state index contributed by atoms with van der Waals surface area (Å²) >= 11 is 0. The monoisotopic (exact) mass is 304 g/mol. The van der Waals surface area contributed by atoms with Gasteiger partial charge in [-0.05, 0) is 24.5 Å². The second-order valence-corrected chi connectivity index (χ2v) is 5.32. The summed E-state index contributed by atoms with van der Waals surface area (Å²) in [5.74, 6) is -0.202. The number of phenolic OH excluding ortho intramolecular Hbond substituents is 1. The predicted molar refractivity (Wildman–Crippen MR) is 81.8 cm³/mol. The van der Waals surface area contributed by atoms with E-state index in [0.717, 1.165) is 11.3 Å². The first-order valence-corrected chi connectivity index (χ1v) is 7.11. The van der Waals surface area contributed by atoms with E-state index in [-0.39, 0.29) is 18.1 Å². The molecule has 0 atom stereocenters. The summed E-state index contributed by atoms with van der Waals surface area (Å²) in [4.78, 5) is 10.9. The van der Waals surface area contributed by atoms with Crippen molar-refractivity contribution in [2.75, 3.05) is 7.11 Å². The Kier molecular flexibility index (Phi) is 4.70. The predicted octanol–water partition coefficient (Wildman–Crippen LogP) is 2.73. The molecule has 6 heteroatoms. The van der Waals surface area contributed by atoms with Crippen molar-refractivity contribution in [1.82, 2.24) is 9.78 Å². The SMILES string of the molecule is COc1c(CCC(=O)O)c(C(C)C)nn1-c1ccccc1O. The third kappa shape index (κ3) is 3.05. The van der Waals surface area contributed by atoms with Gasteiger partial charge in [0.05, 0.1) is 12.8 Å². The fraction of sp³-hybridized carbons (Fsp3) is 0.375. The molecule has 0 fully saturated rings. The Morgan fingerprint density at radius 1 is 1.36 bits per heavy atom. The molecule has 118 valence electrons. The summed E-state index contributed by atoms with van der Waals surface area (Å²) in [5.41, 5.74) is 2.05. The number of aromatic nitrogens is 2. The van der Waals surface area contributed by atoms with Gasteiger partial charge in [-0.15, -0.1) is 0 Å². The molecule has 0 bridgehead atoms. The van der Waals surface area contributed by atoms with Gasteiger partial charge in [0.2, 0.25) is 5.88 Å². The molecule has 6 nitrogen and oxygen atoms in total. The van der Waals surface area contributed by atoms with Crippen LogP contribution in [-0.4, -0.2) is 33.1 Å². The number of carboxylic acids is 1. The van der Waals surface area contributed by atoms with Crippen molar-refractivity contribution >= 4 is 5.97 Å². The van der Waals surface area contributed by atoms with Crippen LogP contribution in [0.25, 0.3) is 5.69 Å². The zero-order valence-electron chi connectivity index (χ0n) is 12.9. The minimum Gasteiger partial charge on any atom is -0.506 e. The van der Waals surface area contributed by atoms with Crippen LogP contribution in [0.15, 0.2) is 24.3 Å². The number of hydrogen-bond acceptors (Lipinski definition) is 4. The minimum absolute atomic E-state index is 0.00252. The standard InChI is InChI=1S/C16H20N2O4/c1-10(2)15-11(8-9-14(20)21)16(22-3)18(17-15)12-6-4-5-7-13(12)19/h4-7,10,19H,8-9H2,1-3H3,(H,20,21). The van der Waals surface area contributed by atoms with Gasteiger partial charge in [0, 0.05) is 12.0 Å². The largest absolute Gasteiger partial charge is 0.506 e. The average Bonchev–Trinajstić information content (AvgIpc) is 2.84. The van der Waals surface area contributed by atoms with Crippen molar-refractivity contribution in [2.45, 2.75) is 32.6 Å². The number of methoxy groups -OCH3 is 1. The number of benzene rings is 1. The maximum atomic E-state index is 10.9. The molecule has 2 aromatic rings. The van der Waals surface area contributed by atoms with Crippen LogP contribution >= 0.6 is 0 Å². The van der Waals surface area contributed by atoms with Crippen LogP contribution in [0.5, 0.6) is 11.6 Å². The van der Waals surface area contributed by atoms with Crippen molar-refractivity contribution in [3.8, 4) is 17.3 Å². The molecule has 0 saturated heterocycles. The summed E-state index contributed by atoms with van der Waals surface area (Å²) in [6, 6.07) is 6.82. The van der Waals surface area contributed by atoms with Crippen molar-refractivity contribution in [3.05, 3.63) is 35.5 Å². The Morgan fingerprint density at radius 2 is 2.05 bits per heavy atom. The Hall–Kier alpha value is -2.50. The second kappa shape index (κ2) is 6.51. The van der Waals surface area contributed by atoms with E-state index < -0.39 is 5.97 Å². The maximum Gasteiger partial charge on any atom is 0.303 e. The highest BCUT2D eigenvalue weighted by molar-refractivity contribution is 5.67. The normalized spacial score (nSPS) is 10.9. The molecule has 0 aliphatic heterocycles. The fourth-order valence-electron chi connectivity index (χ4n) is 2.40. The topological polar surface area (TPSA) is 84.6 Å². The number of aliphatic carboxylic acids is 1. The quantitative estimate of drug-likeness (QED) is 0.857. The molecular weight excluding hydrogens is 284 g/mol. The molecule has 2 N–H and O–H groups in total. The molecule has 0 amide bonds. The molecule has 0 radical (unpaired) electrons. The molecule has 22 heavy (non-hydrogen) atoms. The van der Waals surface area contributed by atoms with Crippen LogP contribution in [0.4, 0.5) is 0 Å². The maximum absolute atomic E-state index is 10.9. The molecule has 0 unspecified atom stereocenters. The lowest BCUT2D eigenvalue weighted by atomic mass is 10.0. The van der Waals surface area contributed by atoms with Crippen LogP contribution in [0.3, 0.4) is 0 Å². The van der Waals surface area contributed by atoms with Crippen LogP contribution in [0.1, 0.15) is 37.4 Å². The van der Waals surface area contributed by atoms with E-state index in [1.54, 1.807) is 24.3 Å². The number of ether oxygens (including phenoxy) is 1. The lowest BCUT2D eigenvalue weighted by Crippen LogP contribution is -2.02. The summed E-state index contributed by atoms with van der Waals surface area (Å²) in [6.07, 6.45) is 0.335. The lowest BCUT2D eigenvalue weighted by molar-refractivity contribution is -0.136. The van der Waals surface area contributed by atoms with Gasteiger partial charge in [0.1, 0.15) is 11.4 Å². The number of carbonyl (C=O) groups is 1. The van der Waals surface area contributed by atoms with Gasteiger partial charge in [0.25, 0.3) is 0 Å². The fourth-order valence-corrected chi connectivity index (χ4v) is 2.40. The zero-order valence-corrected chi connectivity index (χ0v) is 12.9. The van der Waals surface area contributed by atoms with Gasteiger partial charge in [-0.1, -0.05) is 26.0 Å². The lowest BCUT2D eigenvalue weighted by Gasteiger charge is -2.09. The van der Waals surface area contributed by atoms with Gasteiger partial charge in [-0.3, -0.25) is 4.79 Å². The number of aromatic hydroxyl groups is 1. The summed E-state index contributed by atoms with van der Waals surface area (Å²) < 4.78 is 6.98. The van der Waals surface area contributed by atoms with Crippen LogP contribution in [-0.2, 0) is 11.2 Å². The van der Waals surface area contributed by atoms with E-state index in [4.69, 9.17) is 9.84 Å². The Bertz CT molecular complexity index is 677. The molecule has 1 heterocycles. The van der Waals surface area contributed by atoms with E-state index >= 15 is 0 Å². The van der Waals surface area contributed by atoms with Crippen LogP contribution in [0, 0.1) is 0 Å². The average molecular weight is 304 g/mol. The summed E-state index contributed by atoms with van der Waals surface area (Å²) in [7, 11) is 1.52. The van der Waals surface area contributed by atoms with E-state index in [0.29, 0.717) is 18.0 Å². The highest BCUT2D eigenvalue weighted by atomic mass is 16.5. The smallest absolute Gasteiger partial charge is 0.303 e. The van der Waals surface area contributed by atoms with Gasteiger partial charge < -0.3 is 14.9 Å². The Balaban J connectivity index is 2.58. The molecule has 0 saturated carbocycles. The van der Waals surface area contributed by atoms with Gasteiger partial charge in [0.15, 0.2) is 0 Å². The number of hydrogen-bond donors (Lipinski definition) is 2. The zero-order chi connectivity index (χ0) is 16.3. The highest BCUT2D eigenvalue weighted by Crippen LogP contribution is 2.33. The first-order valence-electron chi connectivity index (χ1n) is 7.11. The van der Waals surface area contributed by atoms with E-state index in [9.17, 15) is 9.90 Å². The number of carboxylic acid groups (broad SMARTS) is 1. The number of rotatable bonds is 6. The molecule has 0 aliphatic rings. The molecule has 0 spiro atoms. The highest BCUT2D eigenvalue weighted by Gasteiger charge is 2.23. The van der Waals surface area contributed by atoms with Gasteiger partial charge >= 0.3 is 5.97 Å². The van der Waals surface area contributed by atoms with Gasteiger partial charge in [-0.2, -0.15) is 9.78 Å². The molecular formula is C16H20N2O4. The van der Waals surface area contributed by atoms with Crippen LogP contribution in [0.2, 0.25) is 0 Å². The molecule has 0 aliphatic carbocycles. The van der Waals surface area contributed by atoms with E-state index in [2.05, 4.69) is 5.10 Å². The van der Waals surface area contributed by atoms with Crippen molar-refractivity contribution < 1.29 is 19.7 Å². The third-order valence-electron chi connectivity index (χ3n) is 3.41. The van der Waals surface area contributed by atoms with Crippen molar-refractivity contribution in [2.24, 2.45) is 0 Å². The first-order chi connectivity index (χ1) is 10.5. The second-order valence-electron chi connectivity index (χ2n) is 5.32. The number of nitrogens with zero attached hydrogens (tertiary/aromatic N) is 2. The first kappa shape index (κ1) is 15.9.